The molecule has 0 fully saturated rings. The number of carbonyl (C=O) groups excluding carboxylic acids is 2. The van der Waals surface area contributed by atoms with E-state index in [2.05, 4.69) is 5.32 Å². The molecule has 2 amide bonds. The fourth-order valence-electron chi connectivity index (χ4n) is 2.18. The van der Waals surface area contributed by atoms with E-state index in [1.807, 2.05) is 66.7 Å². The van der Waals surface area contributed by atoms with Crippen LogP contribution in [0.1, 0.15) is 23.5 Å². The third-order valence-corrected chi connectivity index (χ3v) is 3.20. The zero-order valence-electron chi connectivity index (χ0n) is 12.4. The van der Waals surface area contributed by atoms with Crippen molar-refractivity contribution in [1.82, 2.24) is 5.32 Å². The van der Waals surface area contributed by atoms with E-state index in [9.17, 15) is 9.59 Å². The lowest BCUT2D eigenvalue weighted by molar-refractivity contribution is -0.121. The average Bonchev–Trinajstić information content (AvgIpc) is 2.57. The average molecular weight is 308 g/mol. The fraction of sp³-hybridized carbons (Fsp3) is 0.167. The molecule has 0 aliphatic heterocycles. The molecular formula is C18H16N2O3. The number of amides is 2. The number of imide groups is 1. The first-order valence-electron chi connectivity index (χ1n) is 7.17. The van der Waals surface area contributed by atoms with Crippen LogP contribution < -0.4 is 5.32 Å². The zero-order chi connectivity index (χ0) is 16.5. The molecule has 1 N–H and O–H groups in total. The summed E-state index contributed by atoms with van der Waals surface area (Å²) < 4.78 is 4.78. The fourth-order valence-corrected chi connectivity index (χ4v) is 2.18. The quantitative estimate of drug-likeness (QED) is 0.861. The molecule has 0 aliphatic carbocycles. The Morgan fingerprint density at radius 3 is 2.00 bits per heavy atom. The van der Waals surface area contributed by atoms with Gasteiger partial charge in [0.25, 0.3) is 0 Å². The lowest BCUT2D eigenvalue weighted by atomic mass is 9.90. The van der Waals surface area contributed by atoms with E-state index in [1.54, 1.807) is 0 Å². The minimum absolute atomic E-state index is 0.0447. The van der Waals surface area contributed by atoms with Gasteiger partial charge in [0.1, 0.15) is 6.61 Å². The Bertz CT molecular complexity index is 654. The van der Waals surface area contributed by atoms with E-state index >= 15 is 0 Å². The minimum Gasteiger partial charge on any atom is -0.448 e. The highest BCUT2D eigenvalue weighted by atomic mass is 16.5. The van der Waals surface area contributed by atoms with Crippen LogP contribution in [-0.4, -0.2) is 18.6 Å². The van der Waals surface area contributed by atoms with E-state index in [-0.39, 0.29) is 13.0 Å². The van der Waals surface area contributed by atoms with Crippen LogP contribution in [-0.2, 0) is 9.53 Å². The summed E-state index contributed by atoms with van der Waals surface area (Å²) in [5, 5.41) is 10.6. The predicted molar refractivity (Wildman–Crippen MR) is 84.4 cm³/mol. The molecule has 23 heavy (non-hydrogen) atoms. The Kier molecular flexibility index (Phi) is 5.89. The Morgan fingerprint density at radius 2 is 1.52 bits per heavy atom. The molecule has 5 heteroatoms. The number of nitrogens with zero attached hydrogens (tertiary/aromatic N) is 1. The molecule has 0 saturated heterocycles. The summed E-state index contributed by atoms with van der Waals surface area (Å²) in [6.45, 7) is -0.0447. The predicted octanol–water partition coefficient (Wildman–Crippen LogP) is 2.98. The Hall–Kier alpha value is -3.13. The standard InChI is InChI=1S/C18H16N2O3/c19-12-7-13-23-18(22)20-17(21)16(14-8-3-1-4-9-14)15-10-5-2-6-11-15/h1-6,8-11,16H,7,13H2,(H,20,21,22). The highest BCUT2D eigenvalue weighted by Crippen LogP contribution is 2.24. The van der Waals surface area contributed by atoms with E-state index in [0.717, 1.165) is 11.1 Å². The van der Waals surface area contributed by atoms with Crippen molar-refractivity contribution in [3.05, 3.63) is 71.8 Å². The van der Waals surface area contributed by atoms with Gasteiger partial charge < -0.3 is 4.74 Å². The van der Waals surface area contributed by atoms with Crippen LogP contribution in [0.15, 0.2) is 60.7 Å². The summed E-state index contributed by atoms with van der Waals surface area (Å²) in [6, 6.07) is 20.3. The Labute approximate surface area is 134 Å². The van der Waals surface area contributed by atoms with Crippen molar-refractivity contribution < 1.29 is 14.3 Å². The van der Waals surface area contributed by atoms with Crippen molar-refractivity contribution in [2.75, 3.05) is 6.61 Å². The van der Waals surface area contributed by atoms with Gasteiger partial charge in [-0.1, -0.05) is 60.7 Å². The van der Waals surface area contributed by atoms with E-state index in [4.69, 9.17) is 10.00 Å². The van der Waals surface area contributed by atoms with Crippen molar-refractivity contribution in [3.8, 4) is 6.07 Å². The summed E-state index contributed by atoms with van der Waals surface area (Å²) in [4.78, 5) is 24.1. The summed E-state index contributed by atoms with van der Waals surface area (Å²) in [7, 11) is 0. The minimum atomic E-state index is -0.845. The van der Waals surface area contributed by atoms with Gasteiger partial charge in [-0.05, 0) is 11.1 Å². The van der Waals surface area contributed by atoms with Crippen LogP contribution in [0.25, 0.3) is 0 Å². The number of alkyl carbamates (subject to hydrolysis) is 1. The zero-order valence-corrected chi connectivity index (χ0v) is 12.4. The van der Waals surface area contributed by atoms with Crippen LogP contribution in [0, 0.1) is 11.3 Å². The molecule has 0 bridgehead atoms. The number of rotatable bonds is 5. The number of benzene rings is 2. The normalized spacial score (nSPS) is 9.91. The van der Waals surface area contributed by atoms with Gasteiger partial charge in [0.15, 0.2) is 0 Å². The molecule has 0 saturated carbocycles. The van der Waals surface area contributed by atoms with Gasteiger partial charge in [-0.2, -0.15) is 5.26 Å². The second-order valence-corrected chi connectivity index (χ2v) is 4.79. The number of hydrogen-bond donors (Lipinski definition) is 1. The first kappa shape index (κ1) is 16.2. The highest BCUT2D eigenvalue weighted by molar-refractivity contribution is 5.97. The molecular weight excluding hydrogens is 292 g/mol. The van der Waals surface area contributed by atoms with Crippen LogP contribution in [0.2, 0.25) is 0 Å². The molecule has 0 spiro atoms. The lowest BCUT2D eigenvalue weighted by Crippen LogP contribution is -2.35. The van der Waals surface area contributed by atoms with Gasteiger partial charge in [0.05, 0.1) is 18.4 Å². The molecule has 0 aliphatic rings. The second kappa shape index (κ2) is 8.35. The highest BCUT2D eigenvalue weighted by Gasteiger charge is 2.24. The molecule has 5 nitrogen and oxygen atoms in total. The van der Waals surface area contributed by atoms with Crippen LogP contribution in [0.4, 0.5) is 4.79 Å². The smallest absolute Gasteiger partial charge is 0.413 e. The Morgan fingerprint density at radius 1 is 1.00 bits per heavy atom. The third kappa shape index (κ3) is 4.68. The number of carbonyl (C=O) groups is 2. The monoisotopic (exact) mass is 308 g/mol. The maximum absolute atomic E-state index is 12.5. The summed E-state index contributed by atoms with van der Waals surface area (Å²) in [5.41, 5.74) is 1.56. The molecule has 0 unspecified atom stereocenters. The number of nitriles is 1. The summed E-state index contributed by atoms with van der Waals surface area (Å²) in [5.74, 6) is -1.08. The van der Waals surface area contributed by atoms with Gasteiger partial charge in [-0.25, -0.2) is 4.79 Å². The first-order chi connectivity index (χ1) is 11.2. The number of nitrogens with one attached hydrogen (secondary N) is 1. The van der Waals surface area contributed by atoms with Gasteiger partial charge in [-0.3, -0.25) is 10.1 Å². The van der Waals surface area contributed by atoms with Crippen molar-refractivity contribution in [2.45, 2.75) is 12.3 Å². The van der Waals surface area contributed by atoms with Crippen molar-refractivity contribution in [2.24, 2.45) is 0 Å². The van der Waals surface area contributed by atoms with Crippen molar-refractivity contribution in [3.63, 3.8) is 0 Å². The number of ether oxygens (including phenoxy) is 1. The second-order valence-electron chi connectivity index (χ2n) is 4.79. The topological polar surface area (TPSA) is 79.2 Å². The molecule has 0 radical (unpaired) electrons. The summed E-state index contributed by atoms with van der Waals surface area (Å²) in [6.07, 6.45) is -0.760. The molecule has 0 atom stereocenters. The maximum Gasteiger partial charge on any atom is 0.413 e. The van der Waals surface area contributed by atoms with Crippen LogP contribution in [0.5, 0.6) is 0 Å². The van der Waals surface area contributed by atoms with Gasteiger partial charge >= 0.3 is 6.09 Å². The molecule has 0 aromatic heterocycles. The SMILES string of the molecule is N#CCCOC(=O)NC(=O)C(c1ccccc1)c1ccccc1. The molecule has 116 valence electrons. The molecule has 2 aromatic carbocycles. The maximum atomic E-state index is 12.5. The van der Waals surface area contributed by atoms with E-state index in [0.29, 0.717) is 0 Å². The third-order valence-electron chi connectivity index (χ3n) is 3.20. The van der Waals surface area contributed by atoms with Crippen LogP contribution in [0.3, 0.4) is 0 Å². The summed E-state index contributed by atoms with van der Waals surface area (Å²) >= 11 is 0. The van der Waals surface area contributed by atoms with Crippen molar-refractivity contribution in [1.29, 1.82) is 5.26 Å². The Balaban J connectivity index is 2.16. The number of hydrogen-bond acceptors (Lipinski definition) is 4. The van der Waals surface area contributed by atoms with Gasteiger partial charge in [0.2, 0.25) is 5.91 Å². The molecule has 2 aromatic rings. The van der Waals surface area contributed by atoms with E-state index < -0.39 is 17.9 Å². The largest absolute Gasteiger partial charge is 0.448 e. The molecule has 2 rings (SSSR count). The first-order valence-corrected chi connectivity index (χ1v) is 7.17. The van der Waals surface area contributed by atoms with Crippen molar-refractivity contribution >= 4 is 12.0 Å². The van der Waals surface area contributed by atoms with Gasteiger partial charge in [-0.15, -0.1) is 0 Å². The molecule has 0 heterocycles. The lowest BCUT2D eigenvalue weighted by Gasteiger charge is -2.17. The van der Waals surface area contributed by atoms with E-state index in [1.165, 1.54) is 0 Å². The van der Waals surface area contributed by atoms with Gasteiger partial charge in [0, 0.05) is 0 Å². The van der Waals surface area contributed by atoms with Crippen LogP contribution >= 0.6 is 0 Å².